The predicted molar refractivity (Wildman–Crippen MR) is 129 cm³/mol. The monoisotopic (exact) mass is 453 g/mol. The van der Waals surface area contributed by atoms with Gasteiger partial charge in [-0.05, 0) is 49.8 Å². The van der Waals surface area contributed by atoms with Crippen molar-refractivity contribution in [1.29, 1.82) is 5.26 Å². The van der Waals surface area contributed by atoms with Crippen LogP contribution in [0.1, 0.15) is 33.0 Å². The lowest BCUT2D eigenvalue weighted by molar-refractivity contribution is -0.112. The van der Waals surface area contributed by atoms with E-state index in [1.807, 2.05) is 73.1 Å². The molecule has 0 aliphatic carbocycles. The highest BCUT2D eigenvalue weighted by Crippen LogP contribution is 2.26. The molecule has 7 nitrogen and oxygen atoms in total. The van der Waals surface area contributed by atoms with Crippen LogP contribution in [0.2, 0.25) is 0 Å². The summed E-state index contributed by atoms with van der Waals surface area (Å²) in [7, 11) is 1.30. The van der Waals surface area contributed by atoms with Crippen molar-refractivity contribution < 1.29 is 18.7 Å². The van der Waals surface area contributed by atoms with E-state index < -0.39 is 11.9 Å². The van der Waals surface area contributed by atoms with E-state index in [4.69, 9.17) is 9.15 Å². The number of esters is 1. The van der Waals surface area contributed by atoms with Gasteiger partial charge >= 0.3 is 5.97 Å². The number of hydrogen-bond acceptors (Lipinski definition) is 5. The molecule has 1 amide bonds. The standard InChI is InChI=1S/C27H23N3O4/c1-17-8-10-23(18(2)12-17)29-26(31)19(14-28)13-20-15-30(24-7-5-4-6-22(20)24)16-21-9-11-25(34-21)27(32)33-3/h4-13,15H,16H2,1-3H3,(H,29,31)/b19-13-. The number of amides is 1. The molecule has 0 radical (unpaired) electrons. The fourth-order valence-corrected chi connectivity index (χ4v) is 3.81. The van der Waals surface area contributed by atoms with Crippen LogP contribution in [-0.2, 0) is 16.1 Å². The van der Waals surface area contributed by atoms with Gasteiger partial charge in [0.2, 0.25) is 5.76 Å². The molecule has 0 aliphatic heterocycles. The van der Waals surface area contributed by atoms with E-state index in [9.17, 15) is 14.9 Å². The second kappa shape index (κ2) is 9.51. The molecule has 0 spiro atoms. The summed E-state index contributed by atoms with van der Waals surface area (Å²) in [5.74, 6) is -0.311. The summed E-state index contributed by atoms with van der Waals surface area (Å²) in [6.45, 7) is 4.25. The topological polar surface area (TPSA) is 97.3 Å². The van der Waals surface area contributed by atoms with Gasteiger partial charge in [-0.2, -0.15) is 5.26 Å². The summed E-state index contributed by atoms with van der Waals surface area (Å²) in [5, 5.41) is 13.4. The number of aryl methyl sites for hydroxylation is 2. The number of hydrogen-bond donors (Lipinski definition) is 1. The van der Waals surface area contributed by atoms with Gasteiger partial charge in [0.05, 0.1) is 13.7 Å². The van der Waals surface area contributed by atoms with Gasteiger partial charge in [-0.15, -0.1) is 0 Å². The molecular formula is C27H23N3O4. The van der Waals surface area contributed by atoms with E-state index in [-0.39, 0.29) is 11.3 Å². The maximum absolute atomic E-state index is 12.8. The number of para-hydroxylation sites is 1. The third-order valence-corrected chi connectivity index (χ3v) is 5.49. The second-order valence-corrected chi connectivity index (χ2v) is 7.93. The van der Waals surface area contributed by atoms with Crippen molar-refractivity contribution in [3.05, 3.63) is 94.6 Å². The van der Waals surface area contributed by atoms with E-state index in [0.717, 1.165) is 27.6 Å². The fourth-order valence-electron chi connectivity index (χ4n) is 3.81. The van der Waals surface area contributed by atoms with Crippen molar-refractivity contribution in [1.82, 2.24) is 4.57 Å². The van der Waals surface area contributed by atoms with Crippen LogP contribution in [0.5, 0.6) is 0 Å². The third kappa shape index (κ3) is 4.62. The molecule has 0 bridgehead atoms. The summed E-state index contributed by atoms with van der Waals surface area (Å²) in [6, 6.07) is 18.7. The number of nitriles is 1. The number of furan rings is 1. The largest absolute Gasteiger partial charge is 0.463 e. The number of carbonyl (C=O) groups excluding carboxylic acids is 2. The van der Waals surface area contributed by atoms with Crippen LogP contribution in [-0.4, -0.2) is 23.6 Å². The first kappa shape index (κ1) is 22.6. The Hall–Kier alpha value is -4.57. The van der Waals surface area contributed by atoms with Crippen molar-refractivity contribution >= 4 is 34.5 Å². The Balaban J connectivity index is 1.65. The normalized spacial score (nSPS) is 11.3. The van der Waals surface area contributed by atoms with E-state index in [0.29, 0.717) is 18.0 Å². The highest BCUT2D eigenvalue weighted by molar-refractivity contribution is 6.11. The fraction of sp³-hybridized carbons (Fsp3) is 0.148. The number of carbonyl (C=O) groups is 2. The lowest BCUT2D eigenvalue weighted by Crippen LogP contribution is -2.14. The molecular weight excluding hydrogens is 430 g/mol. The zero-order valence-electron chi connectivity index (χ0n) is 19.1. The summed E-state index contributed by atoms with van der Waals surface area (Å²) in [5.41, 5.74) is 4.30. The molecule has 0 atom stereocenters. The van der Waals surface area contributed by atoms with Crippen molar-refractivity contribution in [3.8, 4) is 6.07 Å². The Morgan fingerprint density at radius 3 is 2.68 bits per heavy atom. The smallest absolute Gasteiger partial charge is 0.373 e. The minimum absolute atomic E-state index is 0.00569. The molecule has 4 rings (SSSR count). The molecule has 0 saturated heterocycles. The van der Waals surface area contributed by atoms with Gasteiger partial charge < -0.3 is 19.0 Å². The quantitative estimate of drug-likeness (QED) is 0.245. The van der Waals surface area contributed by atoms with E-state index in [1.54, 1.807) is 18.2 Å². The molecule has 0 unspecified atom stereocenters. The van der Waals surface area contributed by atoms with E-state index in [1.165, 1.54) is 7.11 Å². The SMILES string of the molecule is COC(=O)c1ccc(Cn2cc(/C=C(/C#N)C(=O)Nc3ccc(C)cc3C)c3ccccc32)o1. The maximum Gasteiger partial charge on any atom is 0.373 e. The van der Waals surface area contributed by atoms with Crippen LogP contribution < -0.4 is 5.32 Å². The highest BCUT2D eigenvalue weighted by Gasteiger charge is 2.16. The Labute approximate surface area is 196 Å². The molecule has 34 heavy (non-hydrogen) atoms. The zero-order valence-corrected chi connectivity index (χ0v) is 19.1. The minimum atomic E-state index is -0.541. The summed E-state index contributed by atoms with van der Waals surface area (Å²) in [6.07, 6.45) is 3.44. The zero-order chi connectivity index (χ0) is 24.2. The highest BCUT2D eigenvalue weighted by atomic mass is 16.5. The molecule has 2 heterocycles. The molecule has 4 aromatic rings. The molecule has 0 fully saturated rings. The van der Waals surface area contributed by atoms with Gasteiger partial charge in [-0.25, -0.2) is 4.79 Å². The van der Waals surface area contributed by atoms with Crippen LogP contribution in [0.15, 0.2) is 70.8 Å². The first-order valence-corrected chi connectivity index (χ1v) is 10.6. The summed E-state index contributed by atoms with van der Waals surface area (Å²) >= 11 is 0. The van der Waals surface area contributed by atoms with Gasteiger partial charge in [-0.1, -0.05) is 35.9 Å². The number of aromatic nitrogens is 1. The number of nitrogens with one attached hydrogen (secondary N) is 1. The van der Waals surface area contributed by atoms with Crippen LogP contribution >= 0.6 is 0 Å². The number of fused-ring (bicyclic) bond motifs is 1. The van der Waals surface area contributed by atoms with E-state index >= 15 is 0 Å². The maximum atomic E-state index is 12.8. The average molecular weight is 453 g/mol. The molecule has 2 aromatic carbocycles. The van der Waals surface area contributed by atoms with Gasteiger partial charge in [0.1, 0.15) is 17.4 Å². The predicted octanol–water partition coefficient (Wildman–Crippen LogP) is 5.23. The Morgan fingerprint density at radius 1 is 1.15 bits per heavy atom. The molecule has 170 valence electrons. The van der Waals surface area contributed by atoms with Gasteiger partial charge in [0.25, 0.3) is 5.91 Å². The van der Waals surface area contributed by atoms with Crippen LogP contribution in [0, 0.1) is 25.2 Å². The number of nitrogens with zero attached hydrogens (tertiary/aromatic N) is 2. The molecule has 0 aliphatic rings. The van der Waals surface area contributed by atoms with Crippen molar-refractivity contribution in [2.24, 2.45) is 0 Å². The Morgan fingerprint density at radius 2 is 1.94 bits per heavy atom. The van der Waals surface area contributed by atoms with Gasteiger partial charge in [-0.3, -0.25) is 4.79 Å². The van der Waals surface area contributed by atoms with Gasteiger partial charge in [0, 0.05) is 28.4 Å². The Kier molecular flexibility index (Phi) is 6.33. The lowest BCUT2D eigenvalue weighted by Gasteiger charge is -2.08. The first-order valence-electron chi connectivity index (χ1n) is 10.6. The number of rotatable bonds is 6. The van der Waals surface area contributed by atoms with Crippen LogP contribution in [0.4, 0.5) is 5.69 Å². The van der Waals surface area contributed by atoms with Crippen molar-refractivity contribution in [2.45, 2.75) is 20.4 Å². The van der Waals surface area contributed by atoms with Crippen molar-refractivity contribution in [2.75, 3.05) is 12.4 Å². The summed E-state index contributed by atoms with van der Waals surface area (Å²) < 4.78 is 12.2. The van der Waals surface area contributed by atoms with Crippen LogP contribution in [0.3, 0.4) is 0 Å². The van der Waals surface area contributed by atoms with Crippen LogP contribution in [0.25, 0.3) is 17.0 Å². The molecule has 2 aromatic heterocycles. The first-order chi connectivity index (χ1) is 16.4. The average Bonchev–Trinajstić information content (AvgIpc) is 3.44. The number of anilines is 1. The number of benzene rings is 2. The lowest BCUT2D eigenvalue weighted by atomic mass is 10.1. The molecule has 7 heteroatoms. The van der Waals surface area contributed by atoms with Crippen molar-refractivity contribution in [3.63, 3.8) is 0 Å². The second-order valence-electron chi connectivity index (χ2n) is 7.93. The molecule has 1 N–H and O–H groups in total. The third-order valence-electron chi connectivity index (χ3n) is 5.49. The molecule has 0 saturated carbocycles. The van der Waals surface area contributed by atoms with Gasteiger partial charge in [0.15, 0.2) is 0 Å². The Bertz CT molecular complexity index is 1470. The van der Waals surface area contributed by atoms with E-state index in [2.05, 4.69) is 5.32 Å². The minimum Gasteiger partial charge on any atom is -0.463 e. The number of methoxy groups -OCH3 is 1. The summed E-state index contributed by atoms with van der Waals surface area (Å²) in [4.78, 5) is 24.5. The number of ether oxygens (including phenoxy) is 1.